The van der Waals surface area contributed by atoms with Gasteiger partial charge in [-0.1, -0.05) is 18.7 Å². The van der Waals surface area contributed by atoms with E-state index in [1.807, 2.05) is 11.3 Å². The lowest BCUT2D eigenvalue weighted by Crippen LogP contribution is -2.13. The van der Waals surface area contributed by atoms with Crippen LogP contribution in [0.5, 0.6) is 0 Å². The fourth-order valence-corrected chi connectivity index (χ4v) is 5.98. The molecule has 26 heavy (non-hydrogen) atoms. The van der Waals surface area contributed by atoms with Gasteiger partial charge in [0.25, 0.3) is 5.78 Å². The van der Waals surface area contributed by atoms with E-state index in [-0.39, 0.29) is 11.7 Å². The van der Waals surface area contributed by atoms with Crippen LogP contribution in [-0.4, -0.2) is 40.9 Å². The zero-order valence-electron chi connectivity index (χ0n) is 14.4. The molecule has 4 aromatic rings. The Bertz CT molecular complexity index is 1190. The van der Waals surface area contributed by atoms with E-state index in [0.717, 1.165) is 22.3 Å². The van der Waals surface area contributed by atoms with Crippen molar-refractivity contribution in [3.8, 4) is 0 Å². The number of hydrogen-bond donors (Lipinski definition) is 1. The van der Waals surface area contributed by atoms with E-state index >= 15 is 0 Å². The van der Waals surface area contributed by atoms with Crippen molar-refractivity contribution in [1.29, 1.82) is 0 Å². The van der Waals surface area contributed by atoms with Gasteiger partial charge in [0.2, 0.25) is 5.91 Å². The average Bonchev–Trinajstić information content (AvgIpc) is 3.26. The van der Waals surface area contributed by atoms with Gasteiger partial charge in [0.05, 0.1) is 11.1 Å². The maximum atomic E-state index is 11.2. The van der Waals surface area contributed by atoms with E-state index in [1.54, 1.807) is 15.9 Å². The van der Waals surface area contributed by atoms with E-state index in [2.05, 4.69) is 27.2 Å². The van der Waals surface area contributed by atoms with Gasteiger partial charge < -0.3 is 5.73 Å². The van der Waals surface area contributed by atoms with Gasteiger partial charge in [0.15, 0.2) is 10.8 Å². The summed E-state index contributed by atoms with van der Waals surface area (Å²) in [4.78, 5) is 18.4. The molecule has 1 atom stereocenters. The lowest BCUT2D eigenvalue weighted by Gasteiger charge is -2.18. The number of aromatic nitrogens is 6. The molecule has 0 radical (unpaired) electrons. The Kier molecular flexibility index (Phi) is 3.48. The third-order valence-electron chi connectivity index (χ3n) is 4.83. The van der Waals surface area contributed by atoms with Crippen molar-refractivity contribution in [3.63, 3.8) is 0 Å². The number of nitrogens with zero attached hydrogens (tertiary/aromatic N) is 6. The van der Waals surface area contributed by atoms with Gasteiger partial charge in [0.1, 0.15) is 10.7 Å². The summed E-state index contributed by atoms with van der Waals surface area (Å²) in [6.07, 6.45) is 3.48. The zero-order chi connectivity index (χ0) is 18.0. The first kappa shape index (κ1) is 16.0. The van der Waals surface area contributed by atoms with Crippen LogP contribution in [0.4, 0.5) is 0 Å². The van der Waals surface area contributed by atoms with Crippen molar-refractivity contribution in [1.82, 2.24) is 29.2 Å². The first-order valence-corrected chi connectivity index (χ1v) is 10.3. The van der Waals surface area contributed by atoms with E-state index in [0.29, 0.717) is 22.7 Å². The first-order valence-electron chi connectivity index (χ1n) is 8.51. The Labute approximate surface area is 156 Å². The molecule has 4 aromatic heterocycles. The van der Waals surface area contributed by atoms with Crippen molar-refractivity contribution in [2.24, 2.45) is 5.73 Å². The Morgan fingerprint density at radius 1 is 1.42 bits per heavy atom. The topological polar surface area (TPSA) is 103 Å². The smallest absolute Gasteiger partial charge is 0.260 e. The van der Waals surface area contributed by atoms with Crippen LogP contribution in [-0.2, 0) is 11.2 Å². The van der Waals surface area contributed by atoms with Crippen LogP contribution >= 0.6 is 23.1 Å². The number of thiophene rings is 1. The molecule has 0 unspecified atom stereocenters. The maximum absolute atomic E-state index is 11.2. The molecule has 0 saturated carbocycles. The molecule has 0 spiro atoms. The number of hydrogen-bond acceptors (Lipinski definition) is 7. The zero-order valence-corrected chi connectivity index (χ0v) is 16.0. The number of carbonyl (C=O) groups is 1. The summed E-state index contributed by atoms with van der Waals surface area (Å²) < 4.78 is 3.77. The molecular weight excluding hydrogens is 370 g/mol. The van der Waals surface area contributed by atoms with Crippen LogP contribution in [0.2, 0.25) is 0 Å². The molecule has 0 saturated heterocycles. The standard InChI is InChI=1S/C16H17N7OS2/c1-7-4-3-5-9-11(7)12-13-18-8(2)21-23(13)15-19-20-16(25-6-10(17)24)22(15)14(12)26-9/h7H,3-6H2,1-2H3,(H2,17,24)/t7-/m1/s1. The Morgan fingerprint density at radius 2 is 2.27 bits per heavy atom. The molecule has 1 amide bonds. The second kappa shape index (κ2) is 5.65. The van der Waals surface area contributed by atoms with E-state index in [9.17, 15) is 4.79 Å². The first-order chi connectivity index (χ1) is 12.5. The molecule has 8 nitrogen and oxygen atoms in total. The summed E-state index contributed by atoms with van der Waals surface area (Å²) in [7, 11) is 0. The van der Waals surface area contributed by atoms with Gasteiger partial charge in [-0.3, -0.25) is 4.79 Å². The fraction of sp³-hybridized carbons (Fsp3) is 0.438. The molecule has 0 bridgehead atoms. The SMILES string of the molecule is Cc1nc2c3c4c(sc3n3c(SCC(N)=O)nnc3n2n1)CCC[C@H]4C. The highest BCUT2D eigenvalue weighted by molar-refractivity contribution is 7.99. The molecule has 1 aliphatic carbocycles. The lowest BCUT2D eigenvalue weighted by molar-refractivity contribution is -0.115. The minimum absolute atomic E-state index is 0.165. The fourth-order valence-electron chi connectivity index (χ4n) is 3.79. The highest BCUT2D eigenvalue weighted by Gasteiger charge is 2.28. The molecule has 10 heteroatoms. The van der Waals surface area contributed by atoms with Crippen molar-refractivity contribution in [2.45, 2.75) is 44.2 Å². The van der Waals surface area contributed by atoms with E-state index in [1.165, 1.54) is 35.0 Å². The highest BCUT2D eigenvalue weighted by Crippen LogP contribution is 2.44. The number of primary amides is 1. The van der Waals surface area contributed by atoms with Gasteiger partial charge in [0, 0.05) is 4.88 Å². The highest BCUT2D eigenvalue weighted by atomic mass is 32.2. The van der Waals surface area contributed by atoms with Crippen LogP contribution in [0.25, 0.3) is 21.6 Å². The lowest BCUT2D eigenvalue weighted by atomic mass is 9.87. The second-order valence-corrected chi connectivity index (χ2v) is 8.71. The summed E-state index contributed by atoms with van der Waals surface area (Å²) in [6.45, 7) is 4.17. The molecule has 0 aromatic carbocycles. The Balaban J connectivity index is 1.92. The summed E-state index contributed by atoms with van der Waals surface area (Å²) >= 11 is 3.08. The number of amides is 1. The quantitative estimate of drug-likeness (QED) is 0.541. The van der Waals surface area contributed by atoms with Gasteiger partial charge >= 0.3 is 0 Å². The summed E-state index contributed by atoms with van der Waals surface area (Å²) in [5.41, 5.74) is 7.54. The predicted molar refractivity (Wildman–Crippen MR) is 101 cm³/mol. The summed E-state index contributed by atoms with van der Waals surface area (Å²) in [6, 6.07) is 0. The van der Waals surface area contributed by atoms with Crippen LogP contribution in [0.3, 0.4) is 0 Å². The number of fused-ring (bicyclic) bond motifs is 8. The third kappa shape index (κ3) is 2.18. The van der Waals surface area contributed by atoms with Crippen molar-refractivity contribution >= 4 is 50.6 Å². The summed E-state index contributed by atoms with van der Waals surface area (Å²) in [5, 5.41) is 15.0. The minimum Gasteiger partial charge on any atom is -0.369 e. The van der Waals surface area contributed by atoms with Crippen molar-refractivity contribution < 1.29 is 4.79 Å². The van der Waals surface area contributed by atoms with Gasteiger partial charge in [-0.15, -0.1) is 26.6 Å². The molecule has 0 aliphatic heterocycles. The third-order valence-corrected chi connectivity index (χ3v) is 7.03. The van der Waals surface area contributed by atoms with Crippen LogP contribution in [0, 0.1) is 6.92 Å². The van der Waals surface area contributed by atoms with Gasteiger partial charge in [-0.25, -0.2) is 9.38 Å². The number of carbonyl (C=O) groups excluding carboxylic acids is 1. The van der Waals surface area contributed by atoms with Crippen molar-refractivity contribution in [2.75, 3.05) is 5.75 Å². The molecule has 2 N–H and O–H groups in total. The van der Waals surface area contributed by atoms with Crippen LogP contribution in [0.1, 0.15) is 41.9 Å². The van der Waals surface area contributed by atoms with Crippen LogP contribution < -0.4 is 5.73 Å². The molecule has 1 aliphatic rings. The number of rotatable bonds is 3. The monoisotopic (exact) mass is 387 g/mol. The normalized spacial score (nSPS) is 17.4. The number of nitrogens with two attached hydrogens (primary N) is 1. The molecular formula is C16H17N7OS2. The largest absolute Gasteiger partial charge is 0.369 e. The predicted octanol–water partition coefficient (Wildman–Crippen LogP) is 2.31. The average molecular weight is 387 g/mol. The van der Waals surface area contributed by atoms with Gasteiger partial charge in [-0.2, -0.15) is 4.52 Å². The molecule has 5 rings (SSSR count). The molecule has 134 valence electrons. The molecule has 4 heterocycles. The molecule has 0 fully saturated rings. The van der Waals surface area contributed by atoms with E-state index in [4.69, 9.17) is 5.73 Å². The van der Waals surface area contributed by atoms with E-state index < -0.39 is 0 Å². The minimum atomic E-state index is -0.375. The Morgan fingerprint density at radius 3 is 3.08 bits per heavy atom. The maximum Gasteiger partial charge on any atom is 0.260 e. The Hall–Kier alpha value is -2.20. The van der Waals surface area contributed by atoms with Crippen LogP contribution in [0.15, 0.2) is 5.16 Å². The second-order valence-electron chi connectivity index (χ2n) is 6.68. The number of aryl methyl sites for hydroxylation is 2. The van der Waals surface area contributed by atoms with Crippen molar-refractivity contribution in [3.05, 3.63) is 16.3 Å². The van der Waals surface area contributed by atoms with Gasteiger partial charge in [-0.05, 0) is 37.7 Å². The number of thioether (sulfide) groups is 1. The summed E-state index contributed by atoms with van der Waals surface area (Å²) in [5.74, 6) is 1.60.